The second kappa shape index (κ2) is 22.6. The first-order valence-corrected chi connectivity index (χ1v) is 4.42. The largest absolute Gasteiger partial charge is 0.397 e. The van der Waals surface area contributed by atoms with Crippen LogP contribution < -0.4 is 0 Å². The highest BCUT2D eigenvalue weighted by Gasteiger charge is 1.76. The van der Waals surface area contributed by atoms with E-state index in [1.165, 1.54) is 0 Å². The fraction of sp³-hybridized carbons (Fsp3) is 0.889. The van der Waals surface area contributed by atoms with Crippen LogP contribution in [-0.4, -0.2) is 40.9 Å². The van der Waals surface area contributed by atoms with Crippen LogP contribution in [-0.2, 0) is 4.79 Å². The molecule has 0 saturated carbocycles. The van der Waals surface area contributed by atoms with Crippen molar-refractivity contribution in [2.24, 2.45) is 0 Å². The number of ketones is 1. The van der Waals surface area contributed by atoms with Crippen LogP contribution in [0.25, 0.3) is 0 Å². The van der Waals surface area contributed by atoms with Crippen molar-refractivity contribution in [3.63, 3.8) is 0 Å². The first kappa shape index (κ1) is 18.4. The molecule has 0 aromatic rings. The average Bonchev–Trinajstić information content (AvgIpc) is 2.08. The lowest BCUT2D eigenvalue weighted by atomic mass is 10.4. The Morgan fingerprint density at radius 2 is 1.31 bits per heavy atom. The molecule has 0 aliphatic carbocycles. The van der Waals surface area contributed by atoms with E-state index in [2.05, 4.69) is 0 Å². The minimum absolute atomic E-state index is 0.0938. The number of Topliss-reactive ketones (excluding diaryl/α,β-unsaturated/α-hetero) is 1. The van der Waals surface area contributed by atoms with E-state index < -0.39 is 0 Å². The number of rotatable bonds is 3. The van der Waals surface area contributed by atoms with Gasteiger partial charge < -0.3 is 20.1 Å². The Bertz CT molecular complexity index is 81.7. The molecule has 0 heterocycles. The standard InChI is InChI=1S/C4H8O.C3H8O2.C2H6O/c1-3-4(2)5;4-2-1-3-5;1-2-3/h3H2,1-2H3;4-5H,1-3H2;3H,2H2,1H3. The number of carbonyl (C=O) groups is 1. The van der Waals surface area contributed by atoms with Crippen LogP contribution in [0, 0.1) is 0 Å². The van der Waals surface area contributed by atoms with E-state index in [1.54, 1.807) is 13.8 Å². The van der Waals surface area contributed by atoms with Crippen LogP contribution in [0.3, 0.4) is 0 Å². The van der Waals surface area contributed by atoms with Gasteiger partial charge in [0.05, 0.1) is 0 Å². The molecule has 0 atom stereocenters. The molecular formula is C9H22O4. The molecule has 4 heteroatoms. The summed E-state index contributed by atoms with van der Waals surface area (Å²) < 4.78 is 0. The third-order valence-corrected chi connectivity index (χ3v) is 0.814. The predicted molar refractivity (Wildman–Crippen MR) is 52.5 cm³/mol. The van der Waals surface area contributed by atoms with Crippen LogP contribution in [0.4, 0.5) is 0 Å². The molecule has 0 aliphatic rings. The van der Waals surface area contributed by atoms with Crippen LogP contribution in [0.1, 0.15) is 33.6 Å². The van der Waals surface area contributed by atoms with Gasteiger partial charge in [0.15, 0.2) is 0 Å². The number of hydrogen-bond acceptors (Lipinski definition) is 4. The average molecular weight is 194 g/mol. The maximum absolute atomic E-state index is 9.81. The molecule has 0 rings (SSSR count). The molecule has 0 bridgehead atoms. The zero-order valence-corrected chi connectivity index (χ0v) is 8.79. The van der Waals surface area contributed by atoms with Crippen molar-refractivity contribution in [3.8, 4) is 0 Å². The summed E-state index contributed by atoms with van der Waals surface area (Å²) in [6.45, 7) is 5.55. The van der Waals surface area contributed by atoms with Gasteiger partial charge in [-0.25, -0.2) is 0 Å². The maximum atomic E-state index is 9.81. The lowest BCUT2D eigenvalue weighted by molar-refractivity contribution is -0.116. The molecule has 0 radical (unpaired) electrons. The lowest BCUT2D eigenvalue weighted by Gasteiger charge is -1.79. The Kier molecular flexibility index (Phi) is 31.8. The Labute approximate surface area is 80.2 Å². The Morgan fingerprint density at radius 1 is 1.08 bits per heavy atom. The van der Waals surface area contributed by atoms with Crippen molar-refractivity contribution in [2.75, 3.05) is 19.8 Å². The van der Waals surface area contributed by atoms with Crippen LogP contribution in [0.15, 0.2) is 0 Å². The van der Waals surface area contributed by atoms with Crippen molar-refractivity contribution < 1.29 is 20.1 Å². The minimum Gasteiger partial charge on any atom is -0.397 e. The minimum atomic E-state index is 0.0938. The van der Waals surface area contributed by atoms with Crippen molar-refractivity contribution in [2.45, 2.75) is 33.6 Å². The van der Waals surface area contributed by atoms with Gasteiger partial charge in [0.25, 0.3) is 0 Å². The second-order valence-corrected chi connectivity index (χ2v) is 2.17. The predicted octanol–water partition coefficient (Wildman–Crippen LogP) is 0.345. The number of aliphatic hydroxyl groups excluding tert-OH is 3. The Balaban J connectivity index is -0.000000120. The fourth-order valence-corrected chi connectivity index (χ4v) is 0.0707. The first-order valence-electron chi connectivity index (χ1n) is 4.42. The van der Waals surface area contributed by atoms with E-state index in [1.807, 2.05) is 6.92 Å². The van der Waals surface area contributed by atoms with Crippen LogP contribution in [0.2, 0.25) is 0 Å². The summed E-state index contributed by atoms with van der Waals surface area (Å²) in [6.07, 6.45) is 1.17. The smallest absolute Gasteiger partial charge is 0.129 e. The van der Waals surface area contributed by atoms with E-state index in [0.717, 1.165) is 0 Å². The molecule has 13 heavy (non-hydrogen) atoms. The maximum Gasteiger partial charge on any atom is 0.129 e. The van der Waals surface area contributed by atoms with Crippen LogP contribution in [0.5, 0.6) is 0 Å². The molecule has 4 nitrogen and oxygen atoms in total. The summed E-state index contributed by atoms with van der Waals surface area (Å²) in [5, 5.41) is 23.4. The summed E-state index contributed by atoms with van der Waals surface area (Å²) in [5.41, 5.74) is 0. The van der Waals surface area contributed by atoms with Crippen molar-refractivity contribution in [3.05, 3.63) is 0 Å². The second-order valence-electron chi connectivity index (χ2n) is 2.17. The molecule has 0 spiro atoms. The van der Waals surface area contributed by atoms with Gasteiger partial charge >= 0.3 is 0 Å². The molecule has 0 aromatic heterocycles. The van der Waals surface area contributed by atoms with Gasteiger partial charge in [-0.2, -0.15) is 0 Å². The van der Waals surface area contributed by atoms with E-state index in [4.69, 9.17) is 15.3 Å². The van der Waals surface area contributed by atoms with Gasteiger partial charge in [-0.3, -0.25) is 0 Å². The van der Waals surface area contributed by atoms with Gasteiger partial charge in [-0.1, -0.05) is 6.92 Å². The van der Waals surface area contributed by atoms with Gasteiger partial charge in [0.2, 0.25) is 0 Å². The zero-order valence-electron chi connectivity index (χ0n) is 8.79. The van der Waals surface area contributed by atoms with Gasteiger partial charge in [0, 0.05) is 26.2 Å². The lowest BCUT2D eigenvalue weighted by Crippen LogP contribution is -1.85. The molecule has 3 N–H and O–H groups in total. The highest BCUT2D eigenvalue weighted by atomic mass is 16.3. The highest BCUT2D eigenvalue weighted by molar-refractivity contribution is 5.74. The molecule has 0 unspecified atom stereocenters. The highest BCUT2D eigenvalue weighted by Crippen LogP contribution is 1.71. The summed E-state index contributed by atoms with van der Waals surface area (Å²) in [4.78, 5) is 9.81. The SMILES string of the molecule is CCC(C)=O.CCO.OCCCO. The molecule has 0 aliphatic heterocycles. The Morgan fingerprint density at radius 3 is 1.31 bits per heavy atom. The summed E-state index contributed by atoms with van der Waals surface area (Å²) in [6, 6.07) is 0. The number of aliphatic hydroxyl groups is 3. The van der Waals surface area contributed by atoms with Crippen molar-refractivity contribution in [1.82, 2.24) is 0 Å². The summed E-state index contributed by atoms with van der Waals surface area (Å²) >= 11 is 0. The first-order chi connectivity index (χ1) is 6.10. The normalized spacial score (nSPS) is 7.54. The van der Waals surface area contributed by atoms with E-state index in [0.29, 0.717) is 12.8 Å². The topological polar surface area (TPSA) is 77.8 Å². The third kappa shape index (κ3) is 83.6. The zero-order chi connectivity index (χ0) is 11.1. The molecule has 82 valence electrons. The fourth-order valence-electron chi connectivity index (χ4n) is 0.0707. The summed E-state index contributed by atoms with van der Waals surface area (Å²) in [5.74, 6) is 0.255. The van der Waals surface area contributed by atoms with Gasteiger partial charge in [-0.05, 0) is 20.3 Å². The van der Waals surface area contributed by atoms with Gasteiger partial charge in [-0.15, -0.1) is 0 Å². The van der Waals surface area contributed by atoms with E-state index >= 15 is 0 Å². The molecule has 0 aromatic carbocycles. The number of carbonyl (C=O) groups excluding carboxylic acids is 1. The molecule has 0 saturated heterocycles. The summed E-state index contributed by atoms with van der Waals surface area (Å²) in [7, 11) is 0. The molecular weight excluding hydrogens is 172 g/mol. The van der Waals surface area contributed by atoms with Gasteiger partial charge in [0.1, 0.15) is 5.78 Å². The van der Waals surface area contributed by atoms with E-state index in [9.17, 15) is 4.79 Å². The third-order valence-electron chi connectivity index (χ3n) is 0.814. The molecule has 0 fully saturated rings. The Hall–Kier alpha value is -0.450. The number of hydrogen-bond donors (Lipinski definition) is 3. The quantitative estimate of drug-likeness (QED) is 0.605. The monoisotopic (exact) mass is 194 g/mol. The van der Waals surface area contributed by atoms with Crippen molar-refractivity contribution >= 4 is 5.78 Å². The van der Waals surface area contributed by atoms with E-state index in [-0.39, 0.29) is 25.6 Å². The van der Waals surface area contributed by atoms with Crippen LogP contribution >= 0.6 is 0 Å². The molecule has 0 amide bonds. The van der Waals surface area contributed by atoms with Crippen molar-refractivity contribution in [1.29, 1.82) is 0 Å².